The maximum absolute atomic E-state index is 13.1. The van der Waals surface area contributed by atoms with E-state index in [0.29, 0.717) is 18.0 Å². The highest BCUT2D eigenvalue weighted by molar-refractivity contribution is 7.89. The van der Waals surface area contributed by atoms with Gasteiger partial charge in [0.15, 0.2) is 0 Å². The summed E-state index contributed by atoms with van der Waals surface area (Å²) in [5.41, 5.74) is 2.71. The highest BCUT2D eigenvalue weighted by Gasteiger charge is 2.32. The summed E-state index contributed by atoms with van der Waals surface area (Å²) < 4.78 is 27.7. The molecule has 6 heteroatoms. The zero-order valence-corrected chi connectivity index (χ0v) is 15.0. The number of nitrogens with one attached hydrogen (secondary N) is 1. The van der Waals surface area contributed by atoms with E-state index in [2.05, 4.69) is 9.97 Å². The normalized spacial score (nSPS) is 19.3. The summed E-state index contributed by atoms with van der Waals surface area (Å²) in [6.07, 6.45) is 1.78. The molecule has 0 radical (unpaired) electrons. The molecule has 1 aliphatic heterocycles. The van der Waals surface area contributed by atoms with Crippen molar-refractivity contribution < 1.29 is 8.42 Å². The minimum atomic E-state index is -3.47. The molecule has 5 nitrogen and oxygen atoms in total. The average Bonchev–Trinajstić information content (AvgIpc) is 3.06. The largest absolute Gasteiger partial charge is 0.342 e. The number of para-hydroxylation sites is 2. The van der Waals surface area contributed by atoms with Crippen LogP contribution in [0.3, 0.4) is 0 Å². The van der Waals surface area contributed by atoms with Gasteiger partial charge in [-0.2, -0.15) is 4.31 Å². The number of imidazole rings is 1. The number of rotatable bonds is 3. The molecule has 4 rings (SSSR count). The first-order valence-electron chi connectivity index (χ1n) is 8.56. The summed E-state index contributed by atoms with van der Waals surface area (Å²) in [5.74, 6) is 0.978. The molecule has 1 fully saturated rings. The van der Waals surface area contributed by atoms with Gasteiger partial charge in [0.2, 0.25) is 10.0 Å². The van der Waals surface area contributed by atoms with Crippen LogP contribution in [0.4, 0.5) is 0 Å². The van der Waals surface area contributed by atoms with Gasteiger partial charge in [-0.25, -0.2) is 13.4 Å². The van der Waals surface area contributed by atoms with E-state index in [1.54, 1.807) is 16.4 Å². The Hall–Kier alpha value is -2.18. The molecule has 0 saturated carbocycles. The van der Waals surface area contributed by atoms with Crippen LogP contribution in [0.15, 0.2) is 53.4 Å². The number of hydrogen-bond acceptors (Lipinski definition) is 3. The van der Waals surface area contributed by atoms with Gasteiger partial charge >= 0.3 is 0 Å². The van der Waals surface area contributed by atoms with Crippen molar-refractivity contribution in [3.63, 3.8) is 0 Å². The van der Waals surface area contributed by atoms with E-state index in [9.17, 15) is 8.42 Å². The third-order valence-electron chi connectivity index (χ3n) is 4.89. The lowest BCUT2D eigenvalue weighted by molar-refractivity contribution is 0.310. The SMILES string of the molecule is Cc1ccccc1S(=O)(=O)N1CCCC(c2nc3ccccc3[nH]2)C1. The zero-order valence-electron chi connectivity index (χ0n) is 14.1. The summed E-state index contributed by atoms with van der Waals surface area (Å²) in [6, 6.07) is 15.1. The van der Waals surface area contributed by atoms with Crippen molar-refractivity contribution in [2.45, 2.75) is 30.6 Å². The van der Waals surface area contributed by atoms with Gasteiger partial charge in [0.05, 0.1) is 15.9 Å². The second kappa shape index (κ2) is 6.28. The molecule has 2 heterocycles. The van der Waals surface area contributed by atoms with Crippen LogP contribution in [-0.2, 0) is 10.0 Å². The topological polar surface area (TPSA) is 66.1 Å². The van der Waals surface area contributed by atoms with Crippen LogP contribution in [0.1, 0.15) is 30.1 Å². The first-order valence-corrected chi connectivity index (χ1v) is 10.00. The van der Waals surface area contributed by atoms with Crippen molar-refractivity contribution in [2.75, 3.05) is 13.1 Å². The number of benzene rings is 2. The van der Waals surface area contributed by atoms with Crippen LogP contribution in [0, 0.1) is 6.92 Å². The van der Waals surface area contributed by atoms with Crippen molar-refractivity contribution in [2.24, 2.45) is 0 Å². The Kier molecular flexibility index (Phi) is 4.09. The predicted octanol–water partition coefficient (Wildman–Crippen LogP) is 3.44. The molecule has 25 heavy (non-hydrogen) atoms. The summed E-state index contributed by atoms with van der Waals surface area (Å²) >= 11 is 0. The number of fused-ring (bicyclic) bond motifs is 1. The molecule has 1 aliphatic rings. The van der Waals surface area contributed by atoms with Crippen LogP contribution in [0.25, 0.3) is 11.0 Å². The van der Waals surface area contributed by atoms with Crippen LogP contribution in [0.5, 0.6) is 0 Å². The minimum absolute atomic E-state index is 0.0972. The molecule has 3 aromatic rings. The summed E-state index contributed by atoms with van der Waals surface area (Å²) in [6.45, 7) is 2.87. The van der Waals surface area contributed by atoms with Gasteiger partial charge in [0.1, 0.15) is 5.82 Å². The fourth-order valence-corrected chi connectivity index (χ4v) is 5.28. The molecule has 1 N–H and O–H groups in total. The maximum Gasteiger partial charge on any atom is 0.243 e. The number of H-pyrrole nitrogens is 1. The Balaban J connectivity index is 1.63. The number of aryl methyl sites for hydroxylation is 1. The fourth-order valence-electron chi connectivity index (χ4n) is 3.53. The number of hydrogen-bond donors (Lipinski definition) is 1. The lowest BCUT2D eigenvalue weighted by atomic mass is 9.99. The Bertz CT molecular complexity index is 977. The Morgan fingerprint density at radius 1 is 1.12 bits per heavy atom. The monoisotopic (exact) mass is 355 g/mol. The third-order valence-corrected chi connectivity index (χ3v) is 6.92. The molecule has 2 aromatic carbocycles. The quantitative estimate of drug-likeness (QED) is 0.783. The number of aromatic amines is 1. The van der Waals surface area contributed by atoms with E-state index >= 15 is 0 Å². The Morgan fingerprint density at radius 2 is 1.88 bits per heavy atom. The van der Waals surface area contributed by atoms with E-state index in [4.69, 9.17) is 0 Å². The van der Waals surface area contributed by atoms with E-state index in [0.717, 1.165) is 35.3 Å². The van der Waals surface area contributed by atoms with Crippen LogP contribution in [-0.4, -0.2) is 35.8 Å². The van der Waals surface area contributed by atoms with Gasteiger partial charge < -0.3 is 4.98 Å². The molecule has 0 aliphatic carbocycles. The number of sulfonamides is 1. The van der Waals surface area contributed by atoms with Crippen LogP contribution < -0.4 is 0 Å². The second-order valence-electron chi connectivity index (χ2n) is 6.61. The van der Waals surface area contributed by atoms with Gasteiger partial charge in [-0.1, -0.05) is 30.3 Å². The van der Waals surface area contributed by atoms with E-state index in [-0.39, 0.29) is 5.92 Å². The van der Waals surface area contributed by atoms with E-state index < -0.39 is 10.0 Å². The van der Waals surface area contributed by atoms with Crippen molar-refractivity contribution in [1.29, 1.82) is 0 Å². The third kappa shape index (κ3) is 2.96. The molecular formula is C19H21N3O2S. The van der Waals surface area contributed by atoms with Gasteiger partial charge in [-0.05, 0) is 43.5 Å². The molecule has 130 valence electrons. The smallest absolute Gasteiger partial charge is 0.243 e. The number of nitrogens with zero attached hydrogens (tertiary/aromatic N) is 2. The van der Waals surface area contributed by atoms with Gasteiger partial charge in [0, 0.05) is 19.0 Å². The van der Waals surface area contributed by atoms with Gasteiger partial charge in [-0.15, -0.1) is 0 Å². The highest BCUT2D eigenvalue weighted by atomic mass is 32.2. The van der Waals surface area contributed by atoms with Crippen molar-refractivity contribution in [3.05, 3.63) is 59.9 Å². The maximum atomic E-state index is 13.1. The average molecular weight is 355 g/mol. The summed E-state index contributed by atoms with van der Waals surface area (Å²) in [7, 11) is -3.47. The van der Waals surface area contributed by atoms with Crippen molar-refractivity contribution in [1.82, 2.24) is 14.3 Å². The molecule has 1 saturated heterocycles. The predicted molar refractivity (Wildman–Crippen MR) is 98.0 cm³/mol. The van der Waals surface area contributed by atoms with Crippen molar-refractivity contribution >= 4 is 21.1 Å². The molecule has 0 spiro atoms. The first kappa shape index (κ1) is 16.3. The Morgan fingerprint density at radius 3 is 2.68 bits per heavy atom. The summed E-state index contributed by atoms with van der Waals surface area (Å²) in [5, 5.41) is 0. The zero-order chi connectivity index (χ0) is 17.4. The molecular weight excluding hydrogens is 334 g/mol. The van der Waals surface area contributed by atoms with Crippen LogP contribution >= 0.6 is 0 Å². The standard InChI is InChI=1S/C19H21N3O2S/c1-14-7-2-5-11-18(14)25(23,24)22-12-6-8-15(13-22)19-20-16-9-3-4-10-17(16)21-19/h2-5,7,9-11,15H,6,8,12-13H2,1H3,(H,20,21). The first-order chi connectivity index (χ1) is 12.1. The van der Waals surface area contributed by atoms with E-state index in [1.807, 2.05) is 43.3 Å². The van der Waals surface area contributed by atoms with E-state index in [1.165, 1.54) is 0 Å². The molecule has 1 atom stereocenters. The number of aromatic nitrogens is 2. The lowest BCUT2D eigenvalue weighted by Gasteiger charge is -2.31. The molecule has 0 bridgehead atoms. The second-order valence-corrected chi connectivity index (χ2v) is 8.51. The molecule has 1 aromatic heterocycles. The Labute approximate surface area is 147 Å². The van der Waals surface area contributed by atoms with Crippen LogP contribution in [0.2, 0.25) is 0 Å². The molecule has 1 unspecified atom stereocenters. The molecule has 0 amide bonds. The van der Waals surface area contributed by atoms with Crippen molar-refractivity contribution in [3.8, 4) is 0 Å². The van der Waals surface area contributed by atoms with Gasteiger partial charge in [-0.3, -0.25) is 0 Å². The number of piperidine rings is 1. The fraction of sp³-hybridized carbons (Fsp3) is 0.316. The minimum Gasteiger partial charge on any atom is -0.342 e. The van der Waals surface area contributed by atoms with Gasteiger partial charge in [0.25, 0.3) is 0 Å². The highest BCUT2D eigenvalue weighted by Crippen LogP contribution is 2.30. The summed E-state index contributed by atoms with van der Waals surface area (Å²) in [4.78, 5) is 8.42. The lowest BCUT2D eigenvalue weighted by Crippen LogP contribution is -2.39.